The summed E-state index contributed by atoms with van der Waals surface area (Å²) in [6, 6.07) is 9.70. The first-order valence-corrected chi connectivity index (χ1v) is 7.28. The molecule has 0 heterocycles. The van der Waals surface area contributed by atoms with Crippen LogP contribution < -0.4 is 5.32 Å². The Hall–Kier alpha value is -0.820. The van der Waals surface area contributed by atoms with Crippen molar-refractivity contribution in [3.63, 3.8) is 0 Å². The molecule has 0 aliphatic heterocycles. The molecule has 1 unspecified atom stereocenters. The summed E-state index contributed by atoms with van der Waals surface area (Å²) in [6.45, 7) is 6.81. The van der Waals surface area contributed by atoms with Crippen molar-refractivity contribution in [2.75, 3.05) is 7.05 Å². The van der Waals surface area contributed by atoms with Crippen molar-refractivity contribution < 1.29 is 0 Å². The Morgan fingerprint density at radius 1 is 1.17 bits per heavy atom. The SMILES string of the molecule is CNC(CCC1CC1)c1ccc(C(C)(C)C)cc1. The van der Waals surface area contributed by atoms with Crippen molar-refractivity contribution in [1.82, 2.24) is 5.32 Å². The first-order valence-electron chi connectivity index (χ1n) is 7.28. The van der Waals surface area contributed by atoms with E-state index in [1.54, 1.807) is 0 Å². The first kappa shape index (κ1) is 13.6. The summed E-state index contributed by atoms with van der Waals surface area (Å²) < 4.78 is 0. The molecule has 0 saturated heterocycles. The molecule has 0 spiro atoms. The van der Waals surface area contributed by atoms with Gasteiger partial charge in [0, 0.05) is 6.04 Å². The fourth-order valence-electron chi connectivity index (χ4n) is 2.50. The zero-order valence-electron chi connectivity index (χ0n) is 12.3. The van der Waals surface area contributed by atoms with Gasteiger partial charge in [0.2, 0.25) is 0 Å². The molecule has 1 heteroatoms. The van der Waals surface area contributed by atoms with E-state index in [-0.39, 0.29) is 5.41 Å². The van der Waals surface area contributed by atoms with Crippen LogP contribution in [0.4, 0.5) is 0 Å². The maximum atomic E-state index is 3.46. The summed E-state index contributed by atoms with van der Waals surface area (Å²) in [5.74, 6) is 1.02. The molecule has 1 aromatic carbocycles. The van der Waals surface area contributed by atoms with Gasteiger partial charge in [-0.2, -0.15) is 0 Å². The maximum Gasteiger partial charge on any atom is 0.0317 e. The van der Waals surface area contributed by atoms with Crippen LogP contribution in [0.5, 0.6) is 0 Å². The summed E-state index contributed by atoms with van der Waals surface area (Å²) in [5, 5.41) is 3.46. The average Bonchev–Trinajstić information content (AvgIpc) is 3.13. The van der Waals surface area contributed by atoms with Gasteiger partial charge in [-0.1, -0.05) is 57.9 Å². The quantitative estimate of drug-likeness (QED) is 0.809. The molecule has 1 fully saturated rings. The molecule has 2 rings (SSSR count). The normalized spacial score (nSPS) is 17.8. The minimum absolute atomic E-state index is 0.252. The van der Waals surface area contributed by atoms with Crippen molar-refractivity contribution in [3.05, 3.63) is 35.4 Å². The van der Waals surface area contributed by atoms with Crippen LogP contribution in [0.25, 0.3) is 0 Å². The summed E-state index contributed by atoms with van der Waals surface area (Å²) in [6.07, 6.45) is 5.57. The van der Waals surface area contributed by atoms with E-state index in [1.807, 2.05) is 0 Å². The molecule has 0 radical (unpaired) electrons. The molecule has 100 valence electrons. The van der Waals surface area contributed by atoms with Crippen LogP contribution in [0.2, 0.25) is 0 Å². The molecule has 1 aliphatic rings. The molecule has 1 atom stereocenters. The monoisotopic (exact) mass is 245 g/mol. The lowest BCUT2D eigenvalue weighted by atomic mass is 9.86. The highest BCUT2D eigenvalue weighted by molar-refractivity contribution is 5.29. The topological polar surface area (TPSA) is 12.0 Å². The van der Waals surface area contributed by atoms with E-state index in [2.05, 4.69) is 57.4 Å². The van der Waals surface area contributed by atoms with Crippen molar-refractivity contribution in [3.8, 4) is 0 Å². The highest BCUT2D eigenvalue weighted by atomic mass is 14.9. The number of benzene rings is 1. The molecular formula is C17H27N. The van der Waals surface area contributed by atoms with Gasteiger partial charge in [0.25, 0.3) is 0 Å². The summed E-state index contributed by atoms with van der Waals surface area (Å²) in [7, 11) is 2.08. The van der Waals surface area contributed by atoms with E-state index in [0.29, 0.717) is 6.04 Å². The van der Waals surface area contributed by atoms with Gasteiger partial charge >= 0.3 is 0 Å². The van der Waals surface area contributed by atoms with Gasteiger partial charge in [-0.05, 0) is 42.3 Å². The second-order valence-electron chi connectivity index (χ2n) is 6.73. The Balaban J connectivity index is 2.01. The van der Waals surface area contributed by atoms with Gasteiger partial charge in [-0.25, -0.2) is 0 Å². The van der Waals surface area contributed by atoms with Crippen molar-refractivity contribution >= 4 is 0 Å². The molecule has 1 nitrogen and oxygen atoms in total. The molecule has 0 amide bonds. The Bertz CT molecular complexity index is 368. The molecule has 1 N–H and O–H groups in total. The molecule has 1 saturated carbocycles. The van der Waals surface area contributed by atoms with Gasteiger partial charge in [-0.15, -0.1) is 0 Å². The van der Waals surface area contributed by atoms with E-state index in [0.717, 1.165) is 5.92 Å². The van der Waals surface area contributed by atoms with Gasteiger partial charge in [-0.3, -0.25) is 0 Å². The maximum absolute atomic E-state index is 3.46. The standard InChI is InChI=1S/C17H27N/c1-17(2,3)15-10-8-14(9-11-15)16(18-4)12-7-13-5-6-13/h8-11,13,16,18H,5-7,12H2,1-4H3. The van der Waals surface area contributed by atoms with E-state index >= 15 is 0 Å². The zero-order chi connectivity index (χ0) is 13.2. The van der Waals surface area contributed by atoms with Crippen LogP contribution in [0, 0.1) is 5.92 Å². The minimum atomic E-state index is 0.252. The summed E-state index contributed by atoms with van der Waals surface area (Å²) >= 11 is 0. The molecule has 1 aliphatic carbocycles. The van der Waals surface area contributed by atoms with Gasteiger partial charge in [0.1, 0.15) is 0 Å². The number of hydrogen-bond acceptors (Lipinski definition) is 1. The molecular weight excluding hydrogens is 218 g/mol. The Kier molecular flexibility index (Phi) is 4.11. The fourth-order valence-corrected chi connectivity index (χ4v) is 2.50. The predicted molar refractivity (Wildman–Crippen MR) is 78.9 cm³/mol. The van der Waals surface area contributed by atoms with Crippen LogP contribution in [-0.4, -0.2) is 7.05 Å². The molecule has 0 aromatic heterocycles. The second kappa shape index (κ2) is 5.44. The number of rotatable bonds is 5. The smallest absolute Gasteiger partial charge is 0.0317 e. The van der Waals surface area contributed by atoms with Crippen LogP contribution in [-0.2, 0) is 5.41 Å². The average molecular weight is 245 g/mol. The van der Waals surface area contributed by atoms with Crippen LogP contribution >= 0.6 is 0 Å². The largest absolute Gasteiger partial charge is 0.313 e. The lowest BCUT2D eigenvalue weighted by Gasteiger charge is -2.21. The van der Waals surface area contributed by atoms with Crippen molar-refractivity contribution in [1.29, 1.82) is 0 Å². The Morgan fingerprint density at radius 3 is 2.22 bits per heavy atom. The fraction of sp³-hybridized carbons (Fsp3) is 0.647. The minimum Gasteiger partial charge on any atom is -0.313 e. The predicted octanol–water partition coefficient (Wildman–Crippen LogP) is 4.43. The summed E-state index contributed by atoms with van der Waals surface area (Å²) in [4.78, 5) is 0. The molecule has 1 aromatic rings. The van der Waals surface area contributed by atoms with E-state index in [1.165, 1.54) is 36.8 Å². The van der Waals surface area contributed by atoms with Gasteiger partial charge in [0.15, 0.2) is 0 Å². The number of hydrogen-bond donors (Lipinski definition) is 1. The first-order chi connectivity index (χ1) is 8.50. The lowest BCUT2D eigenvalue weighted by molar-refractivity contribution is 0.505. The highest BCUT2D eigenvalue weighted by Gasteiger charge is 2.22. The van der Waals surface area contributed by atoms with Gasteiger partial charge < -0.3 is 5.32 Å². The zero-order valence-corrected chi connectivity index (χ0v) is 12.3. The highest BCUT2D eigenvalue weighted by Crippen LogP contribution is 2.36. The van der Waals surface area contributed by atoms with Crippen molar-refractivity contribution in [2.45, 2.75) is 57.9 Å². The summed E-state index contributed by atoms with van der Waals surface area (Å²) in [5.41, 5.74) is 3.11. The van der Waals surface area contributed by atoms with Crippen LogP contribution in [0.1, 0.15) is 63.6 Å². The van der Waals surface area contributed by atoms with Crippen LogP contribution in [0.15, 0.2) is 24.3 Å². The number of nitrogens with one attached hydrogen (secondary N) is 1. The van der Waals surface area contributed by atoms with E-state index in [4.69, 9.17) is 0 Å². The second-order valence-corrected chi connectivity index (χ2v) is 6.73. The molecule has 0 bridgehead atoms. The van der Waals surface area contributed by atoms with Gasteiger partial charge in [0.05, 0.1) is 0 Å². The third-order valence-corrected chi connectivity index (χ3v) is 4.09. The molecule has 18 heavy (non-hydrogen) atoms. The third kappa shape index (κ3) is 3.58. The van der Waals surface area contributed by atoms with E-state index in [9.17, 15) is 0 Å². The Morgan fingerprint density at radius 2 is 1.78 bits per heavy atom. The Labute approximate surface area is 112 Å². The van der Waals surface area contributed by atoms with Crippen LogP contribution in [0.3, 0.4) is 0 Å². The van der Waals surface area contributed by atoms with Crippen molar-refractivity contribution in [2.24, 2.45) is 5.92 Å². The van der Waals surface area contributed by atoms with E-state index < -0.39 is 0 Å². The third-order valence-electron chi connectivity index (χ3n) is 4.09. The lowest BCUT2D eigenvalue weighted by Crippen LogP contribution is -2.17.